The molecule has 5 rings (SSSR count). The number of pyridine rings is 1. The molecule has 0 spiro atoms. The summed E-state index contributed by atoms with van der Waals surface area (Å²) in [5.74, 6) is 2.21. The number of carbonyl (C=O) groups excluding carboxylic acids is 1. The minimum atomic E-state index is -0.626. The molecule has 0 radical (unpaired) electrons. The third-order valence-electron chi connectivity index (χ3n) is 5.63. The van der Waals surface area contributed by atoms with E-state index in [4.69, 9.17) is 28.9 Å². The monoisotopic (exact) mass is 492 g/mol. The van der Waals surface area contributed by atoms with Gasteiger partial charge in [0.2, 0.25) is 6.29 Å². The van der Waals surface area contributed by atoms with Crippen molar-refractivity contribution in [3.63, 3.8) is 0 Å². The number of nitrogens with one attached hydrogen (secondary N) is 2. The maximum absolute atomic E-state index is 12.3. The first kappa shape index (κ1) is 23.9. The van der Waals surface area contributed by atoms with Gasteiger partial charge < -0.3 is 29.2 Å². The van der Waals surface area contributed by atoms with Crippen molar-refractivity contribution in [2.75, 3.05) is 48.4 Å². The molecule has 2 fully saturated rings. The van der Waals surface area contributed by atoms with Gasteiger partial charge in [-0.2, -0.15) is 0 Å². The highest BCUT2D eigenvalue weighted by Gasteiger charge is 2.36. The van der Waals surface area contributed by atoms with Crippen LogP contribution in [0.5, 0.6) is 5.75 Å². The molecular formula is C25H28N6O5. The molecule has 2 saturated heterocycles. The zero-order chi connectivity index (χ0) is 24.9. The molecule has 2 aliphatic rings. The van der Waals surface area contributed by atoms with Crippen LogP contribution in [0.1, 0.15) is 25.8 Å². The molecule has 2 aromatic heterocycles. The van der Waals surface area contributed by atoms with Crippen LogP contribution >= 0.6 is 0 Å². The second-order valence-corrected chi connectivity index (χ2v) is 8.16. The number of urea groups is 1. The highest BCUT2D eigenvalue weighted by Crippen LogP contribution is 2.41. The number of nitrogens with zero attached hydrogens (tertiary/aromatic N) is 4. The Morgan fingerprint density at radius 3 is 2.53 bits per heavy atom. The Morgan fingerprint density at radius 2 is 1.86 bits per heavy atom. The van der Waals surface area contributed by atoms with Gasteiger partial charge in [-0.15, -0.1) is 0 Å². The van der Waals surface area contributed by atoms with Gasteiger partial charge in [-0.25, -0.2) is 19.7 Å². The molecule has 0 bridgehead atoms. The van der Waals surface area contributed by atoms with E-state index in [0.717, 1.165) is 5.56 Å². The summed E-state index contributed by atoms with van der Waals surface area (Å²) in [7, 11) is 0. The lowest BCUT2D eigenvalue weighted by atomic mass is 10.1. The van der Waals surface area contributed by atoms with E-state index in [1.165, 1.54) is 0 Å². The fourth-order valence-corrected chi connectivity index (χ4v) is 3.92. The summed E-state index contributed by atoms with van der Waals surface area (Å²) < 4.78 is 23.0. The number of hydrogen-bond donors (Lipinski definition) is 2. The summed E-state index contributed by atoms with van der Waals surface area (Å²) in [5, 5.41) is 5.49. The quantitative estimate of drug-likeness (QED) is 0.507. The zero-order valence-electron chi connectivity index (χ0n) is 20.1. The predicted molar refractivity (Wildman–Crippen MR) is 133 cm³/mol. The first-order valence-electron chi connectivity index (χ1n) is 11.9. The van der Waals surface area contributed by atoms with Crippen LogP contribution in [-0.4, -0.2) is 60.2 Å². The summed E-state index contributed by atoms with van der Waals surface area (Å²) >= 11 is 0. The van der Waals surface area contributed by atoms with E-state index in [0.29, 0.717) is 67.5 Å². The first-order chi connectivity index (χ1) is 17.6. The number of anilines is 3. The molecule has 0 unspecified atom stereocenters. The Labute approximate surface area is 208 Å². The SMILES string of the molecule is CCOc1c(C2OC(C)O2)nc(-c2ccc(NC(=O)Nc3ccccn3)cc2)nc1N1CCOCC1. The number of ether oxygens (including phenoxy) is 4. The smallest absolute Gasteiger partial charge is 0.324 e. The molecule has 0 saturated carbocycles. The van der Waals surface area contributed by atoms with Gasteiger partial charge in [0.15, 0.2) is 23.7 Å². The van der Waals surface area contributed by atoms with E-state index in [1.807, 2.05) is 26.0 Å². The van der Waals surface area contributed by atoms with Crippen LogP contribution in [0.2, 0.25) is 0 Å². The minimum Gasteiger partial charge on any atom is -0.488 e. The van der Waals surface area contributed by atoms with Gasteiger partial charge in [0, 0.05) is 30.5 Å². The Hall–Kier alpha value is -3.80. The Bertz CT molecular complexity index is 1180. The van der Waals surface area contributed by atoms with E-state index in [9.17, 15) is 4.79 Å². The molecule has 11 nitrogen and oxygen atoms in total. The number of aromatic nitrogens is 3. The number of hydrogen-bond acceptors (Lipinski definition) is 9. The normalized spacial score (nSPS) is 19.3. The molecular weight excluding hydrogens is 464 g/mol. The topological polar surface area (TPSA) is 120 Å². The van der Waals surface area contributed by atoms with Crippen molar-refractivity contribution in [1.82, 2.24) is 15.0 Å². The van der Waals surface area contributed by atoms with Gasteiger partial charge in [0.1, 0.15) is 11.5 Å². The van der Waals surface area contributed by atoms with Crippen LogP contribution in [0.4, 0.5) is 22.1 Å². The van der Waals surface area contributed by atoms with Gasteiger partial charge in [-0.1, -0.05) is 6.07 Å². The van der Waals surface area contributed by atoms with Crippen molar-refractivity contribution in [3.8, 4) is 17.1 Å². The molecule has 188 valence electrons. The number of amides is 2. The van der Waals surface area contributed by atoms with E-state index in [1.54, 1.807) is 36.5 Å². The van der Waals surface area contributed by atoms with Gasteiger partial charge in [0.25, 0.3) is 0 Å². The van der Waals surface area contributed by atoms with Crippen LogP contribution in [0.15, 0.2) is 48.7 Å². The number of benzene rings is 1. The lowest BCUT2D eigenvalue weighted by molar-refractivity contribution is -0.384. The standard InChI is InChI=1S/C25H28N6O5/c1-3-34-21-20(24-35-16(2)36-24)29-22(30-23(21)31-12-14-33-15-13-31)17-7-9-18(10-8-17)27-25(32)28-19-6-4-5-11-26-19/h4-11,16,24H,3,12-15H2,1-2H3,(H2,26,27,28,32). The largest absolute Gasteiger partial charge is 0.488 e. The predicted octanol–water partition coefficient (Wildman–Crippen LogP) is 3.81. The van der Waals surface area contributed by atoms with Crippen LogP contribution in [0, 0.1) is 0 Å². The average molecular weight is 493 g/mol. The molecule has 11 heteroatoms. The minimum absolute atomic E-state index is 0.308. The van der Waals surface area contributed by atoms with Crippen molar-refractivity contribution in [1.29, 1.82) is 0 Å². The molecule has 2 amide bonds. The third kappa shape index (κ3) is 5.38. The van der Waals surface area contributed by atoms with Gasteiger partial charge >= 0.3 is 6.03 Å². The fourth-order valence-electron chi connectivity index (χ4n) is 3.92. The van der Waals surface area contributed by atoms with E-state index >= 15 is 0 Å². The number of morpholine rings is 1. The zero-order valence-corrected chi connectivity index (χ0v) is 20.1. The van der Waals surface area contributed by atoms with Crippen molar-refractivity contribution >= 4 is 23.4 Å². The summed E-state index contributed by atoms with van der Waals surface area (Å²) in [4.78, 5) is 28.1. The molecule has 4 heterocycles. The second-order valence-electron chi connectivity index (χ2n) is 8.16. The van der Waals surface area contributed by atoms with E-state index < -0.39 is 6.29 Å². The lowest BCUT2D eigenvalue weighted by Gasteiger charge is -2.35. The third-order valence-corrected chi connectivity index (χ3v) is 5.63. The van der Waals surface area contributed by atoms with E-state index in [2.05, 4.69) is 20.5 Å². The Morgan fingerprint density at radius 1 is 1.08 bits per heavy atom. The summed E-state index contributed by atoms with van der Waals surface area (Å²) in [5.41, 5.74) is 1.95. The fraction of sp³-hybridized carbons (Fsp3) is 0.360. The molecule has 3 aromatic rings. The Kier molecular flexibility index (Phi) is 7.21. The second kappa shape index (κ2) is 10.9. The van der Waals surface area contributed by atoms with Crippen molar-refractivity contribution in [3.05, 3.63) is 54.4 Å². The summed E-state index contributed by atoms with van der Waals surface area (Å²) in [6.07, 6.45) is 0.678. The highest BCUT2D eigenvalue weighted by atomic mass is 16.9. The van der Waals surface area contributed by atoms with Gasteiger partial charge in [-0.05, 0) is 50.2 Å². The van der Waals surface area contributed by atoms with Crippen LogP contribution in [0.3, 0.4) is 0 Å². The van der Waals surface area contributed by atoms with Gasteiger partial charge in [0.05, 0.1) is 19.8 Å². The molecule has 2 aliphatic heterocycles. The average Bonchev–Trinajstić information content (AvgIpc) is 2.89. The Balaban J connectivity index is 1.41. The summed E-state index contributed by atoms with van der Waals surface area (Å²) in [6, 6.07) is 12.2. The van der Waals surface area contributed by atoms with Crippen molar-refractivity contribution in [2.24, 2.45) is 0 Å². The first-order valence-corrected chi connectivity index (χ1v) is 11.9. The van der Waals surface area contributed by atoms with Crippen LogP contribution < -0.4 is 20.3 Å². The van der Waals surface area contributed by atoms with Crippen LogP contribution in [-0.2, 0) is 14.2 Å². The van der Waals surface area contributed by atoms with Gasteiger partial charge in [-0.3, -0.25) is 5.32 Å². The van der Waals surface area contributed by atoms with Crippen molar-refractivity contribution < 1.29 is 23.7 Å². The lowest BCUT2D eigenvalue weighted by Crippen LogP contribution is -2.38. The maximum Gasteiger partial charge on any atom is 0.324 e. The number of rotatable bonds is 7. The van der Waals surface area contributed by atoms with E-state index in [-0.39, 0.29) is 12.3 Å². The molecule has 36 heavy (non-hydrogen) atoms. The molecule has 1 aromatic carbocycles. The summed E-state index contributed by atoms with van der Waals surface area (Å²) in [6.45, 7) is 6.79. The van der Waals surface area contributed by atoms with Crippen LogP contribution in [0.25, 0.3) is 11.4 Å². The molecule has 0 atom stereocenters. The number of carbonyl (C=O) groups is 1. The maximum atomic E-state index is 12.3. The molecule has 0 aliphatic carbocycles. The van der Waals surface area contributed by atoms with Crippen molar-refractivity contribution in [2.45, 2.75) is 26.4 Å². The highest BCUT2D eigenvalue weighted by molar-refractivity contribution is 5.99. The molecule has 2 N–H and O–H groups in total.